The second-order valence-electron chi connectivity index (χ2n) is 12.2. The predicted octanol–water partition coefficient (Wildman–Crippen LogP) is 7.74. The van der Waals surface area contributed by atoms with E-state index in [9.17, 15) is 4.79 Å². The SMILES string of the molecule is COc1ccc([C@H]2CC[C@H](CNC(=O)C3(c4cccc(-c5cnn(C(C)C)c5)c4)CCCCC3)CC2)cc1C. The number of hydrogen-bond acceptors (Lipinski definition) is 3. The molecule has 1 aromatic heterocycles. The van der Waals surface area contributed by atoms with Gasteiger partial charge in [0.2, 0.25) is 5.91 Å². The zero-order valence-electron chi connectivity index (χ0n) is 24.2. The maximum Gasteiger partial charge on any atom is 0.230 e. The van der Waals surface area contributed by atoms with Gasteiger partial charge in [-0.1, -0.05) is 49.6 Å². The van der Waals surface area contributed by atoms with Crippen LogP contribution < -0.4 is 10.1 Å². The molecule has 5 nitrogen and oxygen atoms in total. The molecule has 0 atom stereocenters. The highest BCUT2D eigenvalue weighted by Gasteiger charge is 2.41. The third-order valence-electron chi connectivity index (χ3n) is 9.31. The van der Waals surface area contributed by atoms with Crippen LogP contribution in [0, 0.1) is 12.8 Å². The zero-order chi connectivity index (χ0) is 27.4. The van der Waals surface area contributed by atoms with Gasteiger partial charge in [0.25, 0.3) is 0 Å². The minimum absolute atomic E-state index is 0.227. The predicted molar refractivity (Wildman–Crippen MR) is 158 cm³/mol. The Balaban J connectivity index is 1.24. The summed E-state index contributed by atoms with van der Waals surface area (Å²) in [7, 11) is 1.73. The molecule has 2 aromatic carbocycles. The Kier molecular flexibility index (Phi) is 8.44. The van der Waals surface area contributed by atoms with Gasteiger partial charge in [-0.2, -0.15) is 5.10 Å². The number of hydrogen-bond donors (Lipinski definition) is 1. The number of ether oxygens (including phenoxy) is 1. The van der Waals surface area contributed by atoms with Crippen molar-refractivity contribution in [3.05, 3.63) is 71.5 Å². The molecule has 5 rings (SSSR count). The third-order valence-corrected chi connectivity index (χ3v) is 9.31. The van der Waals surface area contributed by atoms with Gasteiger partial charge in [-0.3, -0.25) is 9.48 Å². The van der Waals surface area contributed by atoms with E-state index in [0.717, 1.165) is 54.7 Å². The van der Waals surface area contributed by atoms with Gasteiger partial charge >= 0.3 is 0 Å². The van der Waals surface area contributed by atoms with Crippen LogP contribution in [0.3, 0.4) is 0 Å². The molecule has 2 aliphatic carbocycles. The maximum atomic E-state index is 13.9. The molecular formula is C34H45N3O2. The molecule has 5 heteroatoms. The number of carbonyl (C=O) groups is 1. The van der Waals surface area contributed by atoms with Crippen molar-refractivity contribution in [2.45, 2.75) is 95.9 Å². The summed E-state index contributed by atoms with van der Waals surface area (Å²) in [5.74, 6) is 2.35. The van der Waals surface area contributed by atoms with Crippen molar-refractivity contribution in [1.82, 2.24) is 15.1 Å². The van der Waals surface area contributed by atoms with E-state index in [4.69, 9.17) is 4.74 Å². The quantitative estimate of drug-likeness (QED) is 0.326. The normalized spacial score (nSPS) is 21.1. The molecule has 0 radical (unpaired) electrons. The first kappa shape index (κ1) is 27.5. The number of methoxy groups -OCH3 is 1. The number of benzene rings is 2. The van der Waals surface area contributed by atoms with Gasteiger partial charge in [0.15, 0.2) is 0 Å². The van der Waals surface area contributed by atoms with E-state index in [1.807, 2.05) is 10.9 Å². The van der Waals surface area contributed by atoms with Gasteiger partial charge in [0.05, 0.1) is 18.7 Å². The Morgan fingerprint density at radius 1 is 1.05 bits per heavy atom. The van der Waals surface area contributed by atoms with Crippen LogP contribution in [-0.4, -0.2) is 29.3 Å². The first-order chi connectivity index (χ1) is 18.9. The van der Waals surface area contributed by atoms with Crippen LogP contribution in [0.15, 0.2) is 54.9 Å². The Morgan fingerprint density at radius 3 is 2.49 bits per heavy atom. The number of amides is 1. The molecule has 1 heterocycles. The van der Waals surface area contributed by atoms with Crippen LogP contribution in [0.4, 0.5) is 0 Å². The topological polar surface area (TPSA) is 56.1 Å². The van der Waals surface area contributed by atoms with E-state index in [0.29, 0.717) is 17.9 Å². The molecule has 1 N–H and O–H groups in total. The molecular weight excluding hydrogens is 482 g/mol. The highest BCUT2D eigenvalue weighted by Crippen LogP contribution is 2.42. The molecule has 0 spiro atoms. The molecule has 1 amide bonds. The Labute approximate surface area is 234 Å². The van der Waals surface area contributed by atoms with Crippen LogP contribution in [0.2, 0.25) is 0 Å². The van der Waals surface area contributed by atoms with Crippen molar-refractivity contribution in [2.75, 3.05) is 13.7 Å². The molecule has 0 unspecified atom stereocenters. The Bertz CT molecular complexity index is 1260. The van der Waals surface area contributed by atoms with Gasteiger partial charge < -0.3 is 10.1 Å². The van der Waals surface area contributed by atoms with Crippen LogP contribution in [0.1, 0.15) is 100 Å². The fourth-order valence-corrected chi connectivity index (χ4v) is 6.83. The van der Waals surface area contributed by atoms with Crippen LogP contribution in [0.25, 0.3) is 11.1 Å². The summed E-state index contributed by atoms with van der Waals surface area (Å²) in [5, 5.41) is 7.98. The number of nitrogens with zero attached hydrogens (tertiary/aromatic N) is 2. The van der Waals surface area contributed by atoms with Crippen LogP contribution in [0.5, 0.6) is 5.75 Å². The summed E-state index contributed by atoms with van der Waals surface area (Å²) >= 11 is 0. The maximum absolute atomic E-state index is 13.9. The summed E-state index contributed by atoms with van der Waals surface area (Å²) in [6.45, 7) is 7.19. The van der Waals surface area contributed by atoms with Crippen molar-refractivity contribution in [1.29, 1.82) is 0 Å². The second-order valence-corrected chi connectivity index (χ2v) is 12.2. The monoisotopic (exact) mass is 527 g/mol. The Hall–Kier alpha value is -3.08. The lowest BCUT2D eigenvalue weighted by atomic mass is 9.68. The van der Waals surface area contributed by atoms with Gasteiger partial charge in [-0.15, -0.1) is 0 Å². The van der Waals surface area contributed by atoms with Crippen LogP contribution >= 0.6 is 0 Å². The van der Waals surface area contributed by atoms with Crippen molar-refractivity contribution >= 4 is 5.91 Å². The molecule has 39 heavy (non-hydrogen) atoms. The lowest BCUT2D eigenvalue weighted by molar-refractivity contribution is -0.128. The van der Waals surface area contributed by atoms with E-state index in [-0.39, 0.29) is 5.91 Å². The number of rotatable bonds is 8. The number of carbonyl (C=O) groups excluding carboxylic acids is 1. The minimum Gasteiger partial charge on any atom is -0.496 e. The largest absolute Gasteiger partial charge is 0.496 e. The molecule has 2 aliphatic rings. The lowest BCUT2D eigenvalue weighted by Gasteiger charge is -2.37. The first-order valence-electron chi connectivity index (χ1n) is 15.0. The van der Waals surface area contributed by atoms with Crippen molar-refractivity contribution in [2.24, 2.45) is 5.92 Å². The van der Waals surface area contributed by atoms with E-state index in [1.54, 1.807) is 7.11 Å². The molecule has 0 bridgehead atoms. The standard InChI is InChI=1S/C34H45N3O2/c1-24(2)37-23-30(22-36-37)28-9-8-10-31(20-28)34(17-6-5-7-18-34)33(38)35-21-26-11-13-27(14-12-26)29-15-16-32(39-4)25(3)19-29/h8-10,15-16,19-20,22-24,26-27H,5-7,11-14,17-18,21H2,1-4H3,(H,35,38)/t26-,27-. The second kappa shape index (κ2) is 12.0. The lowest BCUT2D eigenvalue weighted by Crippen LogP contribution is -2.47. The summed E-state index contributed by atoms with van der Waals surface area (Å²) in [6.07, 6.45) is 14.0. The number of aromatic nitrogens is 2. The van der Waals surface area contributed by atoms with E-state index in [1.165, 1.54) is 43.2 Å². The average molecular weight is 528 g/mol. The highest BCUT2D eigenvalue weighted by molar-refractivity contribution is 5.89. The van der Waals surface area contributed by atoms with Gasteiger partial charge in [-0.25, -0.2) is 0 Å². The summed E-state index contributed by atoms with van der Waals surface area (Å²) in [4.78, 5) is 13.9. The minimum atomic E-state index is -0.430. The fourth-order valence-electron chi connectivity index (χ4n) is 6.83. The van der Waals surface area contributed by atoms with Gasteiger partial charge in [0, 0.05) is 24.3 Å². The van der Waals surface area contributed by atoms with Crippen molar-refractivity contribution in [3.8, 4) is 16.9 Å². The van der Waals surface area contributed by atoms with E-state index < -0.39 is 5.41 Å². The molecule has 208 valence electrons. The van der Waals surface area contributed by atoms with Gasteiger partial charge in [-0.05, 0) is 106 Å². The molecule has 0 aliphatic heterocycles. The average Bonchev–Trinajstić information content (AvgIpc) is 3.48. The zero-order valence-corrected chi connectivity index (χ0v) is 24.2. The summed E-state index contributed by atoms with van der Waals surface area (Å²) in [6, 6.07) is 15.6. The summed E-state index contributed by atoms with van der Waals surface area (Å²) in [5.41, 5.74) is 5.62. The highest BCUT2D eigenvalue weighted by atomic mass is 16.5. The molecule has 3 aromatic rings. The van der Waals surface area contributed by atoms with Crippen molar-refractivity contribution < 1.29 is 9.53 Å². The van der Waals surface area contributed by atoms with Crippen LogP contribution in [-0.2, 0) is 10.2 Å². The molecule has 2 fully saturated rings. The number of nitrogens with one attached hydrogen (secondary N) is 1. The smallest absolute Gasteiger partial charge is 0.230 e. The molecule has 2 saturated carbocycles. The van der Waals surface area contributed by atoms with E-state index >= 15 is 0 Å². The van der Waals surface area contributed by atoms with Gasteiger partial charge in [0.1, 0.15) is 5.75 Å². The Morgan fingerprint density at radius 2 is 1.82 bits per heavy atom. The molecule has 0 saturated heterocycles. The summed E-state index contributed by atoms with van der Waals surface area (Å²) < 4.78 is 7.44. The fraction of sp³-hybridized carbons (Fsp3) is 0.529. The number of aryl methyl sites for hydroxylation is 1. The van der Waals surface area contributed by atoms with Crippen molar-refractivity contribution in [3.63, 3.8) is 0 Å². The third kappa shape index (κ3) is 5.92. The first-order valence-corrected chi connectivity index (χ1v) is 15.0. The van der Waals surface area contributed by atoms with E-state index in [2.05, 4.69) is 79.8 Å².